The van der Waals surface area contributed by atoms with Crippen LogP contribution in [-0.4, -0.2) is 9.55 Å². The first kappa shape index (κ1) is 36.6. The first-order chi connectivity index (χ1) is 29.8. The van der Waals surface area contributed by atoms with Crippen molar-refractivity contribution in [2.24, 2.45) is 0 Å². The van der Waals surface area contributed by atoms with E-state index in [2.05, 4.69) is 126 Å². The molecule has 13 rings (SSSR count). The third-order valence-electron chi connectivity index (χ3n) is 11.8. The number of para-hydroxylation sites is 5. The van der Waals surface area contributed by atoms with Gasteiger partial charge in [-0.15, -0.1) is 48.1 Å². The Kier molecular flexibility index (Phi) is 7.91. The molecular formula is C52H34N5O4Pt-3. The fraction of sp³-hybridized carbons (Fsp3) is 0.0769. The van der Waals surface area contributed by atoms with E-state index in [1.54, 1.807) is 0 Å². The zero-order chi connectivity index (χ0) is 40.6. The number of ether oxygens (including phenoxy) is 4. The van der Waals surface area contributed by atoms with E-state index < -0.39 is 0 Å². The molecule has 0 bridgehead atoms. The quantitative estimate of drug-likeness (QED) is 0.158. The summed E-state index contributed by atoms with van der Waals surface area (Å²) in [6.45, 7) is 8.72. The standard InChI is InChI=1S/C52H34N5O4.Pt/c1-52(2,3)31-23-24-53-48(25-31)56-38-14-5-4-13-36(38)37-22-21-35(29-41(37)56)58-34-12-8-11-32(26-34)54-30-55(40-16-7-6-15-39(40)54)33-27-46-51-47(28-33)61-45-20-10-18-43-50(45)57(51)49-42(59-43)17-9-19-44(49)60-46;/h4-25,27-28,30H,1-3H3;/q-3;. The van der Waals surface area contributed by atoms with E-state index in [0.29, 0.717) is 23.0 Å². The van der Waals surface area contributed by atoms with Crippen molar-refractivity contribution in [3.63, 3.8) is 0 Å². The van der Waals surface area contributed by atoms with Gasteiger partial charge in [0.25, 0.3) is 0 Å². The van der Waals surface area contributed by atoms with Gasteiger partial charge in [-0.3, -0.25) is 4.90 Å². The Morgan fingerprint density at radius 3 is 1.90 bits per heavy atom. The van der Waals surface area contributed by atoms with E-state index in [1.165, 1.54) is 5.56 Å². The van der Waals surface area contributed by atoms with E-state index in [1.807, 2.05) is 79.0 Å². The number of aromatic nitrogens is 2. The molecular weight excluding hydrogens is 954 g/mol. The summed E-state index contributed by atoms with van der Waals surface area (Å²) < 4.78 is 28.3. The van der Waals surface area contributed by atoms with Gasteiger partial charge in [-0.25, -0.2) is 4.98 Å². The Bertz CT molecular complexity index is 3260. The van der Waals surface area contributed by atoms with E-state index in [4.69, 9.17) is 23.9 Å². The molecule has 0 fully saturated rings. The smallest absolute Gasteiger partial charge is 0.157 e. The van der Waals surface area contributed by atoms with Crippen molar-refractivity contribution in [2.75, 3.05) is 14.7 Å². The van der Waals surface area contributed by atoms with Crippen LogP contribution in [0.15, 0.2) is 146 Å². The summed E-state index contributed by atoms with van der Waals surface area (Å²) in [7, 11) is 0. The summed E-state index contributed by atoms with van der Waals surface area (Å²) in [6, 6.07) is 54.1. The van der Waals surface area contributed by atoms with Gasteiger partial charge >= 0.3 is 0 Å². The number of fused-ring (bicyclic) bond motifs is 4. The van der Waals surface area contributed by atoms with Crippen molar-refractivity contribution in [3.8, 4) is 51.8 Å². The zero-order valence-electron chi connectivity index (χ0n) is 33.6. The number of anilines is 7. The van der Waals surface area contributed by atoms with Crippen molar-refractivity contribution < 1.29 is 40.0 Å². The monoisotopic (exact) mass is 987 g/mol. The SMILES string of the molecule is CC(C)(C)c1ccnc(-n2c3[c-]c(Oc4[c-]c(N5[CH-]N(c6cc7c8c(c6)Oc6cccc9c6N8c6c(cccc6O7)O9)c6ccccc65)ccc4)ccc3c3ccccc32)c1.[Pt]. The maximum atomic E-state index is 6.63. The second-order valence-corrected chi connectivity index (χ2v) is 16.6. The second kappa shape index (κ2) is 13.4. The number of hydrogen-bond donors (Lipinski definition) is 0. The van der Waals surface area contributed by atoms with Crippen LogP contribution in [0.4, 0.5) is 39.8 Å². The Hall–Kier alpha value is -7.22. The predicted molar refractivity (Wildman–Crippen MR) is 238 cm³/mol. The molecule has 0 radical (unpaired) electrons. The van der Waals surface area contributed by atoms with Crippen molar-refractivity contribution >= 4 is 61.6 Å². The fourth-order valence-corrected chi connectivity index (χ4v) is 8.99. The summed E-state index contributed by atoms with van der Waals surface area (Å²) in [4.78, 5) is 11.3. The third-order valence-corrected chi connectivity index (χ3v) is 11.8. The Balaban J connectivity index is 0.00000410. The first-order valence-corrected chi connectivity index (χ1v) is 20.3. The molecule has 0 spiro atoms. The molecule has 304 valence electrons. The van der Waals surface area contributed by atoms with E-state index in [9.17, 15) is 0 Å². The largest absolute Gasteiger partial charge is 0.509 e. The van der Waals surface area contributed by atoms with Crippen LogP contribution in [0, 0.1) is 18.8 Å². The molecule has 4 aliphatic heterocycles. The average Bonchev–Trinajstić information content (AvgIpc) is 3.82. The summed E-state index contributed by atoms with van der Waals surface area (Å²) in [5, 5.41) is 2.21. The van der Waals surface area contributed by atoms with Gasteiger partial charge in [-0.2, -0.15) is 12.1 Å². The van der Waals surface area contributed by atoms with Crippen LogP contribution in [0.2, 0.25) is 0 Å². The molecule has 9 nitrogen and oxygen atoms in total. The van der Waals surface area contributed by atoms with Gasteiger partial charge in [0.05, 0.1) is 0 Å². The van der Waals surface area contributed by atoms with Gasteiger partial charge in [-0.1, -0.05) is 68.8 Å². The van der Waals surface area contributed by atoms with Crippen LogP contribution < -0.4 is 33.6 Å². The minimum absolute atomic E-state index is 0. The molecule has 0 unspecified atom stereocenters. The third kappa shape index (κ3) is 5.41. The Labute approximate surface area is 372 Å². The van der Waals surface area contributed by atoms with Crippen molar-refractivity contribution in [1.82, 2.24) is 9.55 Å². The molecule has 2 aromatic heterocycles. The van der Waals surface area contributed by atoms with Crippen molar-refractivity contribution in [2.45, 2.75) is 26.2 Å². The topological polar surface area (TPSA) is 64.5 Å². The van der Waals surface area contributed by atoms with Crippen molar-refractivity contribution in [3.05, 3.63) is 170 Å². The molecule has 0 atom stereocenters. The number of hydrogen-bond acceptors (Lipinski definition) is 8. The molecule has 0 N–H and O–H groups in total. The van der Waals surface area contributed by atoms with Crippen molar-refractivity contribution in [1.29, 1.82) is 0 Å². The molecule has 0 saturated carbocycles. The summed E-state index contributed by atoms with van der Waals surface area (Å²) in [5.41, 5.74) is 9.40. The van der Waals surface area contributed by atoms with Gasteiger partial charge in [-0.05, 0) is 71.0 Å². The van der Waals surface area contributed by atoms with Crippen LogP contribution in [0.3, 0.4) is 0 Å². The van der Waals surface area contributed by atoms with Crippen LogP contribution in [-0.2, 0) is 26.5 Å². The second-order valence-electron chi connectivity index (χ2n) is 16.6. The number of nitrogens with zero attached hydrogens (tertiary/aromatic N) is 5. The van der Waals surface area contributed by atoms with Gasteiger partial charge in [0.2, 0.25) is 0 Å². The minimum Gasteiger partial charge on any atom is -0.509 e. The van der Waals surface area contributed by atoms with Gasteiger partial charge in [0.15, 0.2) is 34.5 Å². The van der Waals surface area contributed by atoms with Gasteiger partial charge in [0.1, 0.15) is 22.9 Å². The van der Waals surface area contributed by atoms with E-state index in [0.717, 1.165) is 90.4 Å². The number of rotatable bonds is 5. The van der Waals surface area contributed by atoms with Crippen LogP contribution in [0.1, 0.15) is 26.3 Å². The Morgan fingerprint density at radius 1 is 0.581 bits per heavy atom. The van der Waals surface area contributed by atoms with Gasteiger partial charge in [0, 0.05) is 73.5 Å². The minimum atomic E-state index is -0.0300. The normalized spacial score (nSPS) is 13.8. The van der Waals surface area contributed by atoms with E-state index >= 15 is 0 Å². The Morgan fingerprint density at radius 2 is 1.19 bits per heavy atom. The van der Waals surface area contributed by atoms with E-state index in [-0.39, 0.29) is 26.5 Å². The molecule has 7 aromatic carbocycles. The maximum absolute atomic E-state index is 6.63. The first-order valence-electron chi connectivity index (χ1n) is 20.3. The number of pyridine rings is 1. The fourth-order valence-electron chi connectivity index (χ4n) is 8.99. The number of benzene rings is 7. The molecule has 0 amide bonds. The molecule has 62 heavy (non-hydrogen) atoms. The molecule has 0 saturated heterocycles. The maximum Gasteiger partial charge on any atom is 0.157 e. The van der Waals surface area contributed by atoms with Crippen LogP contribution in [0.5, 0.6) is 46.0 Å². The summed E-state index contributed by atoms with van der Waals surface area (Å²) in [6.07, 6.45) is 1.89. The van der Waals surface area contributed by atoms with Gasteiger partial charge < -0.3 is 33.3 Å². The molecule has 6 heterocycles. The predicted octanol–water partition coefficient (Wildman–Crippen LogP) is 14.1. The summed E-state index contributed by atoms with van der Waals surface area (Å²) in [5.74, 6) is 6.29. The summed E-state index contributed by atoms with van der Waals surface area (Å²) >= 11 is 0. The zero-order valence-corrected chi connectivity index (χ0v) is 35.9. The average molecular weight is 988 g/mol. The molecule has 9 aromatic rings. The molecule has 10 heteroatoms. The molecule has 4 aliphatic rings. The van der Waals surface area contributed by atoms with Crippen LogP contribution in [0.25, 0.3) is 27.6 Å². The molecule has 0 aliphatic carbocycles. The van der Waals surface area contributed by atoms with Crippen LogP contribution >= 0.6 is 0 Å².